The van der Waals surface area contributed by atoms with Crippen LogP contribution >= 0.6 is 0 Å². The number of nitrogens with one attached hydrogen (secondary N) is 1. The predicted molar refractivity (Wildman–Crippen MR) is 96.9 cm³/mol. The van der Waals surface area contributed by atoms with Gasteiger partial charge in [0.1, 0.15) is 11.5 Å². The molecule has 0 spiro atoms. The molecule has 2 atom stereocenters. The summed E-state index contributed by atoms with van der Waals surface area (Å²) in [5, 5.41) is 14.3. The lowest BCUT2D eigenvalue weighted by Crippen LogP contribution is -2.49. The zero-order valence-electron chi connectivity index (χ0n) is 15.3. The first kappa shape index (κ1) is 19.0. The minimum absolute atomic E-state index is 0.0542. The molecule has 0 amide bonds. The molecule has 0 bridgehead atoms. The lowest BCUT2D eigenvalue weighted by Gasteiger charge is -2.35. The Labute approximate surface area is 146 Å². The van der Waals surface area contributed by atoms with E-state index < -0.39 is 6.10 Å². The van der Waals surface area contributed by atoms with Crippen LogP contribution in [0.4, 0.5) is 0 Å². The van der Waals surface area contributed by atoms with Crippen LogP contribution in [0.1, 0.15) is 45.3 Å². The molecule has 5 heteroatoms. The largest absolute Gasteiger partial charge is 0.493 e. The normalized spacial score (nSPS) is 18.2. The smallest absolute Gasteiger partial charge is 0.128 e. The minimum atomic E-state index is -0.574. The molecule has 2 N–H and O–H groups in total. The molecule has 5 nitrogen and oxygen atoms in total. The van der Waals surface area contributed by atoms with Crippen LogP contribution in [-0.4, -0.2) is 55.4 Å². The van der Waals surface area contributed by atoms with Crippen molar-refractivity contribution in [1.29, 1.82) is 0 Å². The molecule has 0 aliphatic carbocycles. The summed E-state index contributed by atoms with van der Waals surface area (Å²) < 4.78 is 11.6. The van der Waals surface area contributed by atoms with Gasteiger partial charge in [0, 0.05) is 43.9 Å². The van der Waals surface area contributed by atoms with E-state index >= 15 is 0 Å². The SMILES string of the molecule is CCCOc1ccc(C(O)C(C)N2CCNCC2)c(OCCC)c1. The summed E-state index contributed by atoms with van der Waals surface area (Å²) in [7, 11) is 0. The summed E-state index contributed by atoms with van der Waals surface area (Å²) in [5.41, 5.74) is 0.846. The van der Waals surface area contributed by atoms with Gasteiger partial charge in [-0.05, 0) is 31.9 Å². The molecule has 24 heavy (non-hydrogen) atoms. The monoisotopic (exact) mass is 336 g/mol. The van der Waals surface area contributed by atoms with Crippen LogP contribution < -0.4 is 14.8 Å². The molecular weight excluding hydrogens is 304 g/mol. The molecule has 1 aliphatic rings. The molecular formula is C19H32N2O3. The summed E-state index contributed by atoms with van der Waals surface area (Å²) in [6.45, 7) is 11.4. The van der Waals surface area contributed by atoms with Crippen LogP contribution in [0.15, 0.2) is 18.2 Å². The fourth-order valence-electron chi connectivity index (χ4n) is 2.95. The zero-order chi connectivity index (χ0) is 17.4. The Morgan fingerprint density at radius 2 is 1.79 bits per heavy atom. The number of nitrogens with zero attached hydrogens (tertiary/aromatic N) is 1. The van der Waals surface area contributed by atoms with E-state index in [1.807, 2.05) is 18.2 Å². The Kier molecular flexibility index (Phi) is 7.82. The van der Waals surface area contributed by atoms with Crippen LogP contribution in [0.2, 0.25) is 0 Å². The predicted octanol–water partition coefficient (Wildman–Crippen LogP) is 2.59. The number of aliphatic hydroxyl groups is 1. The number of ether oxygens (including phenoxy) is 2. The number of benzene rings is 1. The molecule has 1 saturated heterocycles. The second kappa shape index (κ2) is 9.87. The molecule has 0 radical (unpaired) electrons. The van der Waals surface area contributed by atoms with Gasteiger partial charge in [0.15, 0.2) is 0 Å². The van der Waals surface area contributed by atoms with Gasteiger partial charge in [-0.2, -0.15) is 0 Å². The highest BCUT2D eigenvalue weighted by Crippen LogP contribution is 2.33. The first-order chi connectivity index (χ1) is 11.7. The van der Waals surface area contributed by atoms with Crippen molar-refractivity contribution in [3.8, 4) is 11.5 Å². The highest BCUT2D eigenvalue weighted by molar-refractivity contribution is 5.42. The van der Waals surface area contributed by atoms with Gasteiger partial charge in [-0.3, -0.25) is 4.90 Å². The Hall–Kier alpha value is -1.30. The van der Waals surface area contributed by atoms with E-state index in [-0.39, 0.29) is 6.04 Å². The molecule has 0 saturated carbocycles. The second-order valence-corrected chi connectivity index (χ2v) is 6.37. The van der Waals surface area contributed by atoms with Gasteiger partial charge in [-0.25, -0.2) is 0 Å². The Balaban J connectivity index is 2.15. The number of hydrogen-bond donors (Lipinski definition) is 2. The lowest BCUT2D eigenvalue weighted by atomic mass is 10.0. The first-order valence-corrected chi connectivity index (χ1v) is 9.19. The summed E-state index contributed by atoms with van der Waals surface area (Å²) in [6, 6.07) is 5.84. The maximum absolute atomic E-state index is 10.9. The summed E-state index contributed by atoms with van der Waals surface area (Å²) in [6.07, 6.45) is 1.33. The van der Waals surface area contributed by atoms with Crippen molar-refractivity contribution in [2.75, 3.05) is 39.4 Å². The zero-order valence-corrected chi connectivity index (χ0v) is 15.3. The molecule has 1 fully saturated rings. The van der Waals surface area contributed by atoms with Crippen LogP contribution in [-0.2, 0) is 0 Å². The van der Waals surface area contributed by atoms with E-state index in [1.54, 1.807) is 0 Å². The van der Waals surface area contributed by atoms with Crippen LogP contribution in [0.3, 0.4) is 0 Å². The maximum atomic E-state index is 10.9. The van der Waals surface area contributed by atoms with E-state index in [2.05, 4.69) is 31.0 Å². The van der Waals surface area contributed by atoms with Crippen molar-refractivity contribution in [2.45, 2.75) is 45.8 Å². The van der Waals surface area contributed by atoms with Gasteiger partial charge in [0.05, 0.1) is 19.3 Å². The maximum Gasteiger partial charge on any atom is 0.128 e. The fourth-order valence-corrected chi connectivity index (χ4v) is 2.95. The van der Waals surface area contributed by atoms with Gasteiger partial charge in [0.25, 0.3) is 0 Å². The Morgan fingerprint density at radius 3 is 2.46 bits per heavy atom. The van der Waals surface area contributed by atoms with Crippen molar-refractivity contribution in [3.63, 3.8) is 0 Å². The van der Waals surface area contributed by atoms with E-state index in [0.29, 0.717) is 13.2 Å². The Morgan fingerprint density at radius 1 is 1.12 bits per heavy atom. The van der Waals surface area contributed by atoms with E-state index in [4.69, 9.17) is 9.47 Å². The quantitative estimate of drug-likeness (QED) is 0.726. The standard InChI is InChI=1S/C19H32N2O3/c1-4-12-23-16-6-7-17(18(14-16)24-13-5-2)19(22)15(3)21-10-8-20-9-11-21/h6-7,14-15,19-20,22H,4-5,8-13H2,1-3H3. The van der Waals surface area contributed by atoms with Crippen molar-refractivity contribution in [3.05, 3.63) is 23.8 Å². The molecule has 1 heterocycles. The minimum Gasteiger partial charge on any atom is -0.493 e. The van der Waals surface area contributed by atoms with E-state index in [9.17, 15) is 5.11 Å². The average molecular weight is 336 g/mol. The average Bonchev–Trinajstić information content (AvgIpc) is 2.64. The molecule has 2 unspecified atom stereocenters. The van der Waals surface area contributed by atoms with Gasteiger partial charge >= 0.3 is 0 Å². The third-order valence-corrected chi connectivity index (χ3v) is 4.42. The third-order valence-electron chi connectivity index (χ3n) is 4.42. The first-order valence-electron chi connectivity index (χ1n) is 9.19. The molecule has 136 valence electrons. The van der Waals surface area contributed by atoms with Gasteiger partial charge in [-0.1, -0.05) is 13.8 Å². The van der Waals surface area contributed by atoms with Crippen molar-refractivity contribution in [1.82, 2.24) is 10.2 Å². The summed E-state index contributed by atoms with van der Waals surface area (Å²) >= 11 is 0. The molecule has 1 aliphatic heterocycles. The highest BCUT2D eigenvalue weighted by Gasteiger charge is 2.26. The van der Waals surface area contributed by atoms with E-state index in [1.165, 1.54) is 0 Å². The van der Waals surface area contributed by atoms with Crippen molar-refractivity contribution in [2.24, 2.45) is 0 Å². The van der Waals surface area contributed by atoms with Crippen LogP contribution in [0.25, 0.3) is 0 Å². The van der Waals surface area contributed by atoms with Gasteiger partial charge in [-0.15, -0.1) is 0 Å². The molecule has 0 aromatic heterocycles. The number of piperazine rings is 1. The fraction of sp³-hybridized carbons (Fsp3) is 0.684. The topological polar surface area (TPSA) is 54.0 Å². The highest BCUT2D eigenvalue weighted by atomic mass is 16.5. The Bertz CT molecular complexity index is 490. The van der Waals surface area contributed by atoms with Gasteiger partial charge in [0.2, 0.25) is 0 Å². The third kappa shape index (κ3) is 5.10. The molecule has 2 rings (SSSR count). The molecule has 1 aromatic carbocycles. The van der Waals surface area contributed by atoms with Crippen molar-refractivity contribution >= 4 is 0 Å². The summed E-state index contributed by atoms with van der Waals surface area (Å²) in [4.78, 5) is 2.33. The molecule has 1 aromatic rings. The summed E-state index contributed by atoms with van der Waals surface area (Å²) in [5.74, 6) is 1.54. The van der Waals surface area contributed by atoms with Crippen LogP contribution in [0, 0.1) is 0 Å². The van der Waals surface area contributed by atoms with Gasteiger partial charge < -0.3 is 19.9 Å². The number of hydrogen-bond acceptors (Lipinski definition) is 5. The number of aliphatic hydroxyl groups excluding tert-OH is 1. The van der Waals surface area contributed by atoms with Crippen molar-refractivity contribution < 1.29 is 14.6 Å². The number of rotatable bonds is 9. The van der Waals surface area contributed by atoms with Crippen LogP contribution in [0.5, 0.6) is 11.5 Å². The lowest BCUT2D eigenvalue weighted by molar-refractivity contribution is 0.0490. The van der Waals surface area contributed by atoms with E-state index in [0.717, 1.165) is 56.1 Å². The second-order valence-electron chi connectivity index (χ2n) is 6.37.